The fourth-order valence-electron chi connectivity index (χ4n) is 2.71. The molecule has 0 aliphatic carbocycles. The van der Waals surface area contributed by atoms with Crippen LogP contribution < -0.4 is 5.32 Å². The Morgan fingerprint density at radius 2 is 1.95 bits per heavy atom. The molecule has 1 aliphatic rings. The van der Waals surface area contributed by atoms with Gasteiger partial charge in [0.15, 0.2) is 0 Å². The first-order chi connectivity index (χ1) is 9.81. The van der Waals surface area contributed by atoms with Crippen LogP contribution in [0.25, 0.3) is 0 Å². The molecule has 1 saturated heterocycles. The van der Waals surface area contributed by atoms with Crippen LogP contribution >= 0.6 is 11.3 Å². The average molecular weight is 310 g/mol. The second-order valence-corrected chi connectivity index (χ2v) is 7.13. The van der Waals surface area contributed by atoms with E-state index >= 15 is 0 Å². The quantitative estimate of drug-likeness (QED) is 0.874. The lowest BCUT2D eigenvalue weighted by Crippen LogP contribution is -2.47. The normalized spacial score (nSPS) is 22.2. The summed E-state index contributed by atoms with van der Waals surface area (Å²) in [4.78, 5) is 26.5. The van der Waals surface area contributed by atoms with Gasteiger partial charge in [-0.3, -0.25) is 5.32 Å². The Labute approximate surface area is 129 Å². The van der Waals surface area contributed by atoms with E-state index in [0.717, 1.165) is 29.8 Å². The number of aryl methyl sites for hydroxylation is 1. The SMILES string of the molecule is Cc1sc(NC(=O)N2CC(C)CCC2C)c(C(=O)O)c1C. The Hall–Kier alpha value is -1.56. The van der Waals surface area contributed by atoms with Crippen molar-refractivity contribution in [2.45, 2.75) is 46.6 Å². The number of carbonyl (C=O) groups excluding carboxylic acids is 1. The van der Waals surface area contributed by atoms with E-state index in [-0.39, 0.29) is 17.6 Å². The third-order valence-electron chi connectivity index (χ3n) is 4.20. The zero-order valence-electron chi connectivity index (χ0n) is 12.9. The van der Waals surface area contributed by atoms with Gasteiger partial charge in [0.2, 0.25) is 0 Å². The Balaban J connectivity index is 2.20. The van der Waals surface area contributed by atoms with Gasteiger partial charge >= 0.3 is 12.0 Å². The second kappa shape index (κ2) is 6.05. The van der Waals surface area contributed by atoms with E-state index in [0.29, 0.717) is 10.9 Å². The molecule has 2 atom stereocenters. The third kappa shape index (κ3) is 3.20. The third-order valence-corrected chi connectivity index (χ3v) is 5.32. The van der Waals surface area contributed by atoms with Crippen LogP contribution in [0.2, 0.25) is 0 Å². The molecule has 0 aromatic carbocycles. The van der Waals surface area contributed by atoms with Gasteiger partial charge in [-0.1, -0.05) is 6.92 Å². The van der Waals surface area contributed by atoms with Crippen molar-refractivity contribution in [2.24, 2.45) is 5.92 Å². The summed E-state index contributed by atoms with van der Waals surface area (Å²) in [7, 11) is 0. The van der Waals surface area contributed by atoms with Crippen molar-refractivity contribution in [3.05, 3.63) is 16.0 Å². The lowest BCUT2D eigenvalue weighted by Gasteiger charge is -2.36. The van der Waals surface area contributed by atoms with Crippen molar-refractivity contribution in [3.8, 4) is 0 Å². The maximum Gasteiger partial charge on any atom is 0.338 e. The molecule has 2 amide bonds. The first-order valence-electron chi connectivity index (χ1n) is 7.22. The van der Waals surface area contributed by atoms with Gasteiger partial charge in [-0.25, -0.2) is 9.59 Å². The maximum atomic E-state index is 12.4. The van der Waals surface area contributed by atoms with Crippen LogP contribution in [0.3, 0.4) is 0 Å². The van der Waals surface area contributed by atoms with Gasteiger partial charge in [0, 0.05) is 17.5 Å². The molecule has 0 radical (unpaired) electrons. The molecule has 5 nitrogen and oxygen atoms in total. The number of carbonyl (C=O) groups is 2. The summed E-state index contributed by atoms with van der Waals surface area (Å²) in [6.07, 6.45) is 2.12. The van der Waals surface area contributed by atoms with E-state index in [1.54, 1.807) is 6.92 Å². The zero-order valence-corrected chi connectivity index (χ0v) is 13.7. The minimum absolute atomic E-state index is 0.191. The number of aromatic carboxylic acids is 1. The van der Waals surface area contributed by atoms with E-state index < -0.39 is 5.97 Å². The fourth-order valence-corrected chi connectivity index (χ4v) is 3.76. The highest BCUT2D eigenvalue weighted by atomic mass is 32.1. The Morgan fingerprint density at radius 3 is 2.57 bits per heavy atom. The lowest BCUT2D eigenvalue weighted by molar-refractivity contribution is 0.0697. The Kier molecular flexibility index (Phi) is 4.56. The number of rotatable bonds is 2. The standard InChI is InChI=1S/C15H22N2O3S/c1-8-5-6-9(2)17(7-8)15(20)16-13-12(14(18)19)10(3)11(4)21-13/h8-9H,5-7H2,1-4H3,(H,16,20)(H,18,19). The summed E-state index contributed by atoms with van der Waals surface area (Å²) in [5.41, 5.74) is 0.937. The molecule has 1 aromatic heterocycles. The van der Waals surface area contributed by atoms with Gasteiger partial charge in [-0.15, -0.1) is 11.3 Å². The molecule has 1 aromatic rings. The summed E-state index contributed by atoms with van der Waals surface area (Å²) in [5.74, 6) is -0.509. The van der Waals surface area contributed by atoms with Crippen molar-refractivity contribution >= 4 is 28.3 Å². The van der Waals surface area contributed by atoms with Crippen LogP contribution in [0, 0.1) is 19.8 Å². The molecule has 6 heteroatoms. The van der Waals surface area contributed by atoms with Crippen molar-refractivity contribution in [1.29, 1.82) is 0 Å². The number of likely N-dealkylation sites (tertiary alicyclic amines) is 1. The van der Waals surface area contributed by atoms with Crippen LogP contribution in [-0.4, -0.2) is 34.6 Å². The number of piperidine rings is 1. The zero-order chi connectivity index (χ0) is 15.7. The molecule has 116 valence electrons. The van der Waals surface area contributed by atoms with Gasteiger partial charge in [0.25, 0.3) is 0 Å². The number of nitrogens with zero attached hydrogens (tertiary/aromatic N) is 1. The summed E-state index contributed by atoms with van der Waals surface area (Å²) in [5, 5.41) is 12.6. The lowest BCUT2D eigenvalue weighted by atomic mass is 9.95. The fraction of sp³-hybridized carbons (Fsp3) is 0.600. The van der Waals surface area contributed by atoms with Gasteiger partial charge in [0.05, 0.1) is 5.56 Å². The topological polar surface area (TPSA) is 69.6 Å². The molecule has 2 N–H and O–H groups in total. The number of urea groups is 1. The smallest absolute Gasteiger partial charge is 0.338 e. The molecular weight excluding hydrogens is 288 g/mol. The van der Waals surface area contributed by atoms with E-state index in [2.05, 4.69) is 12.2 Å². The van der Waals surface area contributed by atoms with Crippen molar-refractivity contribution < 1.29 is 14.7 Å². The van der Waals surface area contributed by atoms with Crippen molar-refractivity contribution in [2.75, 3.05) is 11.9 Å². The summed E-state index contributed by atoms with van der Waals surface area (Å²) < 4.78 is 0. The number of amides is 2. The Bertz CT molecular complexity index is 568. The molecule has 0 saturated carbocycles. The van der Waals surface area contributed by atoms with Gasteiger partial charge in [0.1, 0.15) is 5.00 Å². The highest BCUT2D eigenvalue weighted by Crippen LogP contribution is 2.33. The first-order valence-corrected chi connectivity index (χ1v) is 8.03. The van der Waals surface area contributed by atoms with Crippen LogP contribution in [0.5, 0.6) is 0 Å². The van der Waals surface area contributed by atoms with Gasteiger partial charge < -0.3 is 10.0 Å². The van der Waals surface area contributed by atoms with E-state index in [1.165, 1.54) is 11.3 Å². The van der Waals surface area contributed by atoms with E-state index in [4.69, 9.17) is 0 Å². The van der Waals surface area contributed by atoms with Crippen LogP contribution in [-0.2, 0) is 0 Å². The highest BCUT2D eigenvalue weighted by molar-refractivity contribution is 7.16. The van der Waals surface area contributed by atoms with Crippen LogP contribution in [0.15, 0.2) is 0 Å². The molecule has 21 heavy (non-hydrogen) atoms. The van der Waals surface area contributed by atoms with Crippen molar-refractivity contribution in [1.82, 2.24) is 4.90 Å². The molecule has 0 spiro atoms. The van der Waals surface area contributed by atoms with Gasteiger partial charge in [-0.2, -0.15) is 0 Å². The number of nitrogens with one attached hydrogen (secondary N) is 1. The average Bonchev–Trinajstić information content (AvgIpc) is 2.67. The number of hydrogen-bond donors (Lipinski definition) is 2. The minimum Gasteiger partial charge on any atom is -0.478 e. The number of thiophene rings is 1. The molecular formula is C15H22N2O3S. The largest absolute Gasteiger partial charge is 0.478 e. The monoisotopic (exact) mass is 310 g/mol. The highest BCUT2D eigenvalue weighted by Gasteiger charge is 2.28. The summed E-state index contributed by atoms with van der Waals surface area (Å²) >= 11 is 1.32. The maximum absolute atomic E-state index is 12.4. The van der Waals surface area contributed by atoms with E-state index in [9.17, 15) is 14.7 Å². The van der Waals surface area contributed by atoms with Crippen LogP contribution in [0.1, 0.15) is 47.5 Å². The number of anilines is 1. The molecule has 0 bridgehead atoms. The molecule has 1 fully saturated rings. The molecule has 2 heterocycles. The number of hydrogen-bond acceptors (Lipinski definition) is 3. The van der Waals surface area contributed by atoms with Gasteiger partial charge in [-0.05, 0) is 45.1 Å². The molecule has 1 aliphatic heterocycles. The number of carboxylic acids is 1. The number of carboxylic acid groups (broad SMARTS) is 1. The van der Waals surface area contributed by atoms with Crippen LogP contribution in [0.4, 0.5) is 9.80 Å². The predicted octanol–water partition coefficient (Wildman–Crippen LogP) is 3.72. The van der Waals surface area contributed by atoms with Crippen molar-refractivity contribution in [3.63, 3.8) is 0 Å². The second-order valence-electron chi connectivity index (χ2n) is 5.91. The predicted molar refractivity (Wildman–Crippen MR) is 84.3 cm³/mol. The minimum atomic E-state index is -0.993. The Morgan fingerprint density at radius 1 is 1.29 bits per heavy atom. The summed E-state index contributed by atoms with van der Waals surface area (Å²) in [6.45, 7) is 8.53. The molecule has 2 unspecified atom stereocenters. The first kappa shape index (κ1) is 15.8. The van der Waals surface area contributed by atoms with E-state index in [1.807, 2.05) is 18.7 Å². The summed E-state index contributed by atoms with van der Waals surface area (Å²) in [6, 6.07) is -0.00515. The molecule has 2 rings (SSSR count).